The Kier molecular flexibility index (Phi) is 4.14. The lowest BCUT2D eigenvalue weighted by Gasteiger charge is -2.27. The first-order valence-corrected chi connectivity index (χ1v) is 6.07. The van der Waals surface area contributed by atoms with Gasteiger partial charge in [0.05, 0.1) is 5.54 Å². The highest BCUT2D eigenvalue weighted by atomic mass is 16.2. The third-order valence-corrected chi connectivity index (χ3v) is 3.72. The lowest BCUT2D eigenvalue weighted by molar-refractivity contribution is -0.126. The number of hydrogen-bond acceptors (Lipinski definition) is 2. The van der Waals surface area contributed by atoms with Crippen molar-refractivity contribution in [3.63, 3.8) is 0 Å². The minimum Gasteiger partial charge on any atom is -0.352 e. The Morgan fingerprint density at radius 3 is 2.53 bits per heavy atom. The van der Waals surface area contributed by atoms with Gasteiger partial charge in [-0.15, -0.1) is 0 Å². The zero-order chi connectivity index (χ0) is 11.5. The Hall–Kier alpha value is -0.570. The molecule has 15 heavy (non-hydrogen) atoms. The molecule has 3 heteroatoms. The second-order valence-corrected chi connectivity index (χ2v) is 5.08. The summed E-state index contributed by atoms with van der Waals surface area (Å²) in [5.74, 6) is 0.644. The molecule has 2 atom stereocenters. The van der Waals surface area contributed by atoms with Crippen LogP contribution in [0, 0.1) is 5.92 Å². The van der Waals surface area contributed by atoms with Crippen LogP contribution in [0.5, 0.6) is 0 Å². The first-order valence-electron chi connectivity index (χ1n) is 6.07. The molecule has 3 N–H and O–H groups in total. The van der Waals surface area contributed by atoms with Gasteiger partial charge in [0, 0.05) is 6.04 Å². The smallest absolute Gasteiger partial charge is 0.239 e. The fourth-order valence-corrected chi connectivity index (χ4v) is 2.11. The fraction of sp³-hybridized carbons (Fsp3) is 0.917. The van der Waals surface area contributed by atoms with Crippen molar-refractivity contribution in [2.24, 2.45) is 11.7 Å². The standard InChI is InChI=1S/C12H24N2O/c1-4-12(3,13)11(15)14-9(2)10-7-5-6-8-10/h9-10H,4-8,13H2,1-3H3,(H,14,15)/t9-,12?/m0/s1. The summed E-state index contributed by atoms with van der Waals surface area (Å²) in [6, 6.07) is 0.273. The predicted octanol–water partition coefficient (Wildman–Crippen LogP) is 1.81. The highest BCUT2D eigenvalue weighted by Crippen LogP contribution is 2.27. The van der Waals surface area contributed by atoms with Crippen molar-refractivity contribution in [2.75, 3.05) is 0 Å². The summed E-state index contributed by atoms with van der Waals surface area (Å²) < 4.78 is 0. The maximum absolute atomic E-state index is 11.8. The van der Waals surface area contributed by atoms with Gasteiger partial charge in [-0.2, -0.15) is 0 Å². The van der Waals surface area contributed by atoms with Crippen LogP contribution in [0.2, 0.25) is 0 Å². The molecular weight excluding hydrogens is 188 g/mol. The van der Waals surface area contributed by atoms with Gasteiger partial charge in [-0.3, -0.25) is 4.79 Å². The largest absolute Gasteiger partial charge is 0.352 e. The van der Waals surface area contributed by atoms with Crippen molar-refractivity contribution in [3.8, 4) is 0 Å². The molecule has 0 heterocycles. The second-order valence-electron chi connectivity index (χ2n) is 5.08. The van der Waals surface area contributed by atoms with Crippen LogP contribution in [0.15, 0.2) is 0 Å². The summed E-state index contributed by atoms with van der Waals surface area (Å²) in [4.78, 5) is 11.8. The number of carbonyl (C=O) groups is 1. The Bertz CT molecular complexity index is 220. The molecule has 0 spiro atoms. The summed E-state index contributed by atoms with van der Waals surface area (Å²) in [7, 11) is 0. The number of amides is 1. The SMILES string of the molecule is CCC(C)(N)C(=O)N[C@@H](C)C1CCCC1. The molecular formula is C12H24N2O. The predicted molar refractivity (Wildman–Crippen MR) is 62.4 cm³/mol. The highest BCUT2D eigenvalue weighted by molar-refractivity contribution is 5.85. The molecule has 0 aromatic heterocycles. The van der Waals surface area contributed by atoms with Gasteiger partial charge in [-0.1, -0.05) is 19.8 Å². The summed E-state index contributed by atoms with van der Waals surface area (Å²) in [5, 5.41) is 3.05. The van der Waals surface area contributed by atoms with Crippen LogP contribution >= 0.6 is 0 Å². The minimum absolute atomic E-state index is 0.00981. The van der Waals surface area contributed by atoms with E-state index in [0.29, 0.717) is 12.3 Å². The molecule has 1 saturated carbocycles. The summed E-state index contributed by atoms with van der Waals surface area (Å²) in [6.07, 6.45) is 5.77. The molecule has 1 unspecified atom stereocenters. The van der Waals surface area contributed by atoms with Crippen molar-refractivity contribution in [1.29, 1.82) is 0 Å². The van der Waals surface area contributed by atoms with Gasteiger partial charge in [-0.25, -0.2) is 0 Å². The van der Waals surface area contributed by atoms with E-state index in [-0.39, 0.29) is 11.9 Å². The van der Waals surface area contributed by atoms with E-state index in [1.165, 1.54) is 25.7 Å². The molecule has 0 saturated heterocycles. The third kappa shape index (κ3) is 3.20. The van der Waals surface area contributed by atoms with Gasteiger partial charge in [0.15, 0.2) is 0 Å². The van der Waals surface area contributed by atoms with Crippen LogP contribution in [-0.4, -0.2) is 17.5 Å². The summed E-state index contributed by atoms with van der Waals surface area (Å²) in [6.45, 7) is 5.84. The van der Waals surface area contributed by atoms with Crippen molar-refractivity contribution in [3.05, 3.63) is 0 Å². The van der Waals surface area contributed by atoms with Gasteiger partial charge < -0.3 is 11.1 Å². The molecule has 88 valence electrons. The zero-order valence-corrected chi connectivity index (χ0v) is 10.2. The lowest BCUT2D eigenvalue weighted by Crippen LogP contribution is -2.54. The zero-order valence-electron chi connectivity index (χ0n) is 10.2. The highest BCUT2D eigenvalue weighted by Gasteiger charge is 2.29. The van der Waals surface area contributed by atoms with Gasteiger partial charge >= 0.3 is 0 Å². The van der Waals surface area contributed by atoms with Crippen molar-refractivity contribution in [1.82, 2.24) is 5.32 Å². The average molecular weight is 212 g/mol. The molecule has 0 bridgehead atoms. The monoisotopic (exact) mass is 212 g/mol. The topological polar surface area (TPSA) is 55.1 Å². The van der Waals surface area contributed by atoms with Crippen LogP contribution < -0.4 is 11.1 Å². The molecule has 0 aromatic rings. The van der Waals surface area contributed by atoms with Crippen LogP contribution in [0.4, 0.5) is 0 Å². The lowest BCUT2D eigenvalue weighted by atomic mass is 9.95. The molecule has 1 fully saturated rings. The third-order valence-electron chi connectivity index (χ3n) is 3.72. The maximum atomic E-state index is 11.8. The molecule has 3 nitrogen and oxygen atoms in total. The van der Waals surface area contributed by atoms with Crippen LogP contribution in [0.25, 0.3) is 0 Å². The number of rotatable bonds is 4. The van der Waals surface area contributed by atoms with E-state index in [9.17, 15) is 4.79 Å². The van der Waals surface area contributed by atoms with Gasteiger partial charge in [0.1, 0.15) is 0 Å². The number of nitrogens with two attached hydrogens (primary N) is 1. The average Bonchev–Trinajstić information content (AvgIpc) is 2.70. The molecule has 1 amide bonds. The number of carbonyl (C=O) groups excluding carboxylic acids is 1. The fourth-order valence-electron chi connectivity index (χ4n) is 2.11. The minimum atomic E-state index is -0.715. The summed E-state index contributed by atoms with van der Waals surface area (Å²) in [5.41, 5.74) is 5.18. The van der Waals surface area contributed by atoms with E-state index >= 15 is 0 Å². The van der Waals surface area contributed by atoms with Crippen molar-refractivity contribution < 1.29 is 4.79 Å². The summed E-state index contributed by atoms with van der Waals surface area (Å²) >= 11 is 0. The molecule has 1 aliphatic rings. The van der Waals surface area contributed by atoms with Crippen LogP contribution in [0.3, 0.4) is 0 Å². The first-order chi connectivity index (χ1) is 6.97. The number of hydrogen-bond donors (Lipinski definition) is 2. The quantitative estimate of drug-likeness (QED) is 0.746. The van der Waals surface area contributed by atoms with E-state index in [4.69, 9.17) is 5.73 Å². The Balaban J connectivity index is 2.43. The normalized spacial score (nSPS) is 23.5. The second kappa shape index (κ2) is 4.97. The van der Waals surface area contributed by atoms with E-state index < -0.39 is 5.54 Å². The molecule has 1 aliphatic carbocycles. The van der Waals surface area contributed by atoms with Gasteiger partial charge in [0.25, 0.3) is 0 Å². The molecule has 1 rings (SSSR count). The maximum Gasteiger partial charge on any atom is 0.239 e. The Morgan fingerprint density at radius 1 is 1.53 bits per heavy atom. The van der Waals surface area contributed by atoms with Crippen LogP contribution in [0.1, 0.15) is 52.9 Å². The Morgan fingerprint density at radius 2 is 2.07 bits per heavy atom. The van der Waals surface area contributed by atoms with Crippen LogP contribution in [-0.2, 0) is 4.79 Å². The molecule has 0 radical (unpaired) electrons. The van der Waals surface area contributed by atoms with Gasteiger partial charge in [0.2, 0.25) is 5.91 Å². The molecule has 0 aliphatic heterocycles. The van der Waals surface area contributed by atoms with E-state index in [1.807, 2.05) is 6.92 Å². The molecule has 0 aromatic carbocycles. The van der Waals surface area contributed by atoms with E-state index in [2.05, 4.69) is 12.2 Å². The van der Waals surface area contributed by atoms with Crippen molar-refractivity contribution in [2.45, 2.75) is 64.5 Å². The Labute approximate surface area is 92.8 Å². The van der Waals surface area contributed by atoms with Crippen molar-refractivity contribution >= 4 is 5.91 Å². The van der Waals surface area contributed by atoms with E-state index in [1.54, 1.807) is 6.92 Å². The van der Waals surface area contributed by atoms with E-state index in [0.717, 1.165) is 0 Å². The first kappa shape index (κ1) is 12.5. The number of nitrogens with one attached hydrogen (secondary N) is 1. The van der Waals surface area contributed by atoms with Gasteiger partial charge in [-0.05, 0) is 39.0 Å².